The molecule has 0 bridgehead atoms. The molecule has 0 amide bonds. The Kier molecular flexibility index (Phi) is 6.61. The summed E-state index contributed by atoms with van der Waals surface area (Å²) in [5, 5.41) is 66.9. The average molecular weight is 553 g/mol. The minimum Gasteiger partial charge on any atom is -0.458 e. The van der Waals surface area contributed by atoms with Gasteiger partial charge < -0.3 is 44.8 Å². The first-order chi connectivity index (χ1) is 18.2. The summed E-state index contributed by atoms with van der Waals surface area (Å²) >= 11 is 0. The molecule has 220 valence electrons. The van der Waals surface area contributed by atoms with Crippen LogP contribution >= 0.6 is 0 Å². The van der Waals surface area contributed by atoms with Gasteiger partial charge in [-0.1, -0.05) is 13.8 Å². The highest BCUT2D eigenvalue weighted by molar-refractivity contribution is 5.85. The number of carbonyl (C=O) groups excluding carboxylic acids is 1. The molecule has 39 heavy (non-hydrogen) atoms. The topological polar surface area (TPSA) is 166 Å². The van der Waals surface area contributed by atoms with Gasteiger partial charge in [-0.25, -0.2) is 4.79 Å². The van der Waals surface area contributed by atoms with Crippen LogP contribution in [0.4, 0.5) is 0 Å². The van der Waals surface area contributed by atoms with Crippen molar-refractivity contribution in [1.29, 1.82) is 0 Å². The highest BCUT2D eigenvalue weighted by Gasteiger charge is 2.72. The van der Waals surface area contributed by atoms with Crippen LogP contribution in [0.3, 0.4) is 0 Å². The second kappa shape index (κ2) is 9.19. The van der Waals surface area contributed by atoms with E-state index in [9.17, 15) is 35.4 Å². The zero-order valence-electron chi connectivity index (χ0n) is 23.0. The molecule has 1 unspecified atom stereocenters. The molecular formula is C29H44O10. The predicted molar refractivity (Wildman–Crippen MR) is 136 cm³/mol. The molecule has 2 aliphatic heterocycles. The number of carbonyl (C=O) groups is 1. The summed E-state index contributed by atoms with van der Waals surface area (Å²) < 4.78 is 16.9. The molecule has 10 nitrogen and oxygen atoms in total. The van der Waals surface area contributed by atoms with Crippen LogP contribution < -0.4 is 0 Å². The van der Waals surface area contributed by atoms with E-state index >= 15 is 0 Å². The van der Waals surface area contributed by atoms with Crippen LogP contribution in [0.25, 0.3) is 0 Å². The molecule has 6 rings (SSSR count). The minimum atomic E-state index is -1.41. The second-order valence-electron chi connectivity index (χ2n) is 13.8. The molecule has 6 N–H and O–H groups in total. The molecule has 4 aliphatic carbocycles. The van der Waals surface area contributed by atoms with Gasteiger partial charge in [0.15, 0.2) is 6.29 Å². The zero-order valence-corrected chi connectivity index (χ0v) is 23.0. The summed E-state index contributed by atoms with van der Waals surface area (Å²) in [6.07, 6.45) is -1.39. The summed E-state index contributed by atoms with van der Waals surface area (Å²) in [6, 6.07) is 0. The highest BCUT2D eigenvalue weighted by atomic mass is 16.7. The number of hydrogen-bond donors (Lipinski definition) is 6. The van der Waals surface area contributed by atoms with E-state index in [1.54, 1.807) is 13.0 Å². The van der Waals surface area contributed by atoms with Gasteiger partial charge >= 0.3 is 5.97 Å². The van der Waals surface area contributed by atoms with Gasteiger partial charge in [-0.2, -0.15) is 0 Å². The molecule has 2 heterocycles. The Morgan fingerprint density at radius 1 is 0.923 bits per heavy atom. The lowest BCUT2D eigenvalue weighted by atomic mass is 9.41. The minimum absolute atomic E-state index is 0.0412. The van der Waals surface area contributed by atoms with Gasteiger partial charge in [0.25, 0.3) is 0 Å². The van der Waals surface area contributed by atoms with Gasteiger partial charge in [-0.3, -0.25) is 0 Å². The quantitative estimate of drug-likeness (QED) is 0.215. The van der Waals surface area contributed by atoms with E-state index in [1.165, 1.54) is 0 Å². The van der Waals surface area contributed by atoms with E-state index in [1.807, 2.05) is 13.8 Å². The van der Waals surface area contributed by atoms with Crippen molar-refractivity contribution < 1.29 is 49.6 Å². The maximum Gasteiger partial charge on any atom is 0.331 e. The number of ether oxygens (including phenoxy) is 3. The average Bonchev–Trinajstić information content (AvgIpc) is 3.41. The van der Waals surface area contributed by atoms with Gasteiger partial charge in [0.05, 0.1) is 29.5 Å². The van der Waals surface area contributed by atoms with Crippen molar-refractivity contribution in [3.63, 3.8) is 0 Å². The van der Waals surface area contributed by atoms with Crippen LogP contribution in [0.15, 0.2) is 11.6 Å². The molecule has 4 saturated carbocycles. The Bertz CT molecular complexity index is 1030. The number of hydrogen-bond acceptors (Lipinski definition) is 10. The maximum absolute atomic E-state index is 12.4. The number of aliphatic hydroxyl groups excluding tert-OH is 4. The van der Waals surface area contributed by atoms with Crippen molar-refractivity contribution in [3.05, 3.63) is 11.6 Å². The third-order valence-corrected chi connectivity index (χ3v) is 12.2. The number of cyclic esters (lactones) is 1. The molecule has 0 spiro atoms. The molecular weight excluding hydrogens is 508 g/mol. The van der Waals surface area contributed by atoms with E-state index in [-0.39, 0.29) is 36.8 Å². The Labute approximate surface area is 229 Å². The summed E-state index contributed by atoms with van der Waals surface area (Å²) in [7, 11) is 0. The smallest absolute Gasteiger partial charge is 0.331 e. The molecule has 1 saturated heterocycles. The molecule has 5 fully saturated rings. The molecule has 0 aromatic carbocycles. The molecule has 0 aromatic rings. The normalized spacial score (nSPS) is 57.3. The summed E-state index contributed by atoms with van der Waals surface area (Å²) in [5.74, 6) is -0.893. The number of rotatable bonds is 3. The Morgan fingerprint density at radius 2 is 1.67 bits per heavy atom. The van der Waals surface area contributed by atoms with Crippen LogP contribution in [0.1, 0.15) is 72.1 Å². The van der Waals surface area contributed by atoms with Gasteiger partial charge in [0.2, 0.25) is 0 Å². The van der Waals surface area contributed by atoms with Gasteiger partial charge in [0, 0.05) is 23.3 Å². The SMILES string of the molecule is C[C@@H]1O[C@@H](O[C@H]2CC[C@]3(C)[C@H]4[C@H](O)C[C@]5(C)[C@@H](C6=CC(=O)OC6)CCC5(O)[C@@H]4CC[C@]3(O)C2)[C@H](O)[C@H](O)[C@H]1O. The third-order valence-electron chi connectivity index (χ3n) is 12.2. The summed E-state index contributed by atoms with van der Waals surface area (Å²) in [5.41, 5.74) is -2.54. The van der Waals surface area contributed by atoms with Crippen LogP contribution in [0, 0.1) is 28.6 Å². The first-order valence-electron chi connectivity index (χ1n) is 14.6. The Hall–Kier alpha value is -1.11. The Morgan fingerprint density at radius 3 is 2.36 bits per heavy atom. The fraction of sp³-hybridized carbons (Fsp3) is 0.897. The molecule has 14 atom stereocenters. The lowest BCUT2D eigenvalue weighted by Gasteiger charge is -2.67. The third kappa shape index (κ3) is 3.86. The second-order valence-corrected chi connectivity index (χ2v) is 13.8. The van der Waals surface area contributed by atoms with Crippen LogP contribution in [-0.4, -0.2) is 97.3 Å². The van der Waals surface area contributed by atoms with E-state index < -0.39 is 64.9 Å². The van der Waals surface area contributed by atoms with E-state index in [4.69, 9.17) is 14.2 Å². The molecule has 0 aromatic heterocycles. The zero-order chi connectivity index (χ0) is 28.1. The number of esters is 1. The fourth-order valence-electron chi connectivity index (χ4n) is 9.89. The first-order valence-corrected chi connectivity index (χ1v) is 14.6. The van der Waals surface area contributed by atoms with Gasteiger partial charge in [-0.15, -0.1) is 0 Å². The summed E-state index contributed by atoms with van der Waals surface area (Å²) in [4.78, 5) is 11.8. The van der Waals surface area contributed by atoms with Crippen molar-refractivity contribution in [1.82, 2.24) is 0 Å². The van der Waals surface area contributed by atoms with Crippen molar-refractivity contribution >= 4 is 5.97 Å². The fourth-order valence-corrected chi connectivity index (χ4v) is 9.89. The summed E-state index contributed by atoms with van der Waals surface area (Å²) in [6.45, 7) is 5.92. The van der Waals surface area contributed by atoms with Crippen LogP contribution in [0.2, 0.25) is 0 Å². The molecule has 0 radical (unpaired) electrons. The van der Waals surface area contributed by atoms with E-state index in [0.29, 0.717) is 38.5 Å². The van der Waals surface area contributed by atoms with Gasteiger partial charge in [0.1, 0.15) is 24.9 Å². The van der Waals surface area contributed by atoms with Gasteiger partial charge in [-0.05, 0) is 75.2 Å². The van der Waals surface area contributed by atoms with Crippen molar-refractivity contribution in [2.24, 2.45) is 28.6 Å². The maximum atomic E-state index is 12.4. The monoisotopic (exact) mass is 552 g/mol. The van der Waals surface area contributed by atoms with Crippen molar-refractivity contribution in [3.8, 4) is 0 Å². The lowest BCUT2D eigenvalue weighted by molar-refractivity contribution is -0.323. The molecule has 10 heteroatoms. The predicted octanol–water partition coefficient (Wildman–Crippen LogP) is 0.542. The number of aliphatic hydroxyl groups is 6. The largest absolute Gasteiger partial charge is 0.458 e. The van der Waals surface area contributed by atoms with Crippen LogP contribution in [-0.2, 0) is 19.0 Å². The van der Waals surface area contributed by atoms with Crippen LogP contribution in [0.5, 0.6) is 0 Å². The highest BCUT2D eigenvalue weighted by Crippen LogP contribution is 2.70. The van der Waals surface area contributed by atoms with Crippen molar-refractivity contribution in [2.45, 2.75) is 126 Å². The standard InChI is InChI=1S/C29H44O10/c1-14-22(32)23(33)24(34)25(38-14)39-16-4-7-26(2)21-18(5-8-28(26,35)11-16)29(36)9-6-17(15-10-20(31)37-13-15)27(29,3)12-19(21)30/h10,14,16-19,21-25,30,32-36H,4-9,11-13H2,1-3H3/t14-,16-,17+,18+,19+,21+,22-,23+,24+,25-,26+,27+,28-,29?/m0/s1. The first kappa shape index (κ1) is 28.0. The Balaban J connectivity index is 1.22. The van der Waals surface area contributed by atoms with E-state index in [0.717, 1.165) is 12.0 Å². The molecule has 6 aliphatic rings. The lowest BCUT2D eigenvalue weighted by Crippen LogP contribution is -2.71. The van der Waals surface area contributed by atoms with E-state index in [2.05, 4.69) is 0 Å². The number of fused-ring (bicyclic) bond motifs is 5. The van der Waals surface area contributed by atoms with Crippen molar-refractivity contribution in [2.75, 3.05) is 6.61 Å².